The fourth-order valence-corrected chi connectivity index (χ4v) is 1.43. The number of aliphatic hydroxyl groups excluding tert-OH is 1. The van der Waals surface area contributed by atoms with Crippen LogP contribution in [-0.4, -0.2) is 17.8 Å². The van der Waals surface area contributed by atoms with Crippen molar-refractivity contribution in [3.05, 3.63) is 23.8 Å². The molecular weight excluding hydrogens is 218 g/mol. The van der Waals surface area contributed by atoms with Crippen molar-refractivity contribution in [3.8, 4) is 17.6 Å². The summed E-state index contributed by atoms with van der Waals surface area (Å²) in [4.78, 5) is 0. The monoisotopic (exact) mass is 235 g/mol. The van der Waals surface area contributed by atoms with Gasteiger partial charge in [0.15, 0.2) is 17.6 Å². The summed E-state index contributed by atoms with van der Waals surface area (Å²) in [6, 6.07) is 7.37. The zero-order chi connectivity index (χ0) is 12.7. The van der Waals surface area contributed by atoms with Gasteiger partial charge >= 0.3 is 0 Å². The molecular formula is C13H17NO3. The molecule has 0 heterocycles. The predicted molar refractivity (Wildman–Crippen MR) is 63.9 cm³/mol. The van der Waals surface area contributed by atoms with E-state index in [1.54, 1.807) is 18.2 Å². The standard InChI is InChI=1S/C13H17NO3/c1-3-11(8-14)17-13-10(9-15)6-5-7-12(13)16-4-2/h5-7,11,15H,3-4,9H2,1-2H3. The van der Waals surface area contributed by atoms with Gasteiger partial charge in [0.2, 0.25) is 0 Å². The quantitative estimate of drug-likeness (QED) is 0.821. The lowest BCUT2D eigenvalue weighted by molar-refractivity contribution is 0.217. The molecule has 0 aromatic heterocycles. The van der Waals surface area contributed by atoms with Gasteiger partial charge < -0.3 is 14.6 Å². The molecule has 17 heavy (non-hydrogen) atoms. The van der Waals surface area contributed by atoms with E-state index in [0.29, 0.717) is 30.1 Å². The number of aliphatic hydroxyl groups is 1. The highest BCUT2D eigenvalue weighted by Crippen LogP contribution is 2.32. The van der Waals surface area contributed by atoms with E-state index in [4.69, 9.17) is 14.7 Å². The second kappa shape index (κ2) is 6.77. The molecule has 1 N–H and O–H groups in total. The van der Waals surface area contributed by atoms with Crippen LogP contribution in [0.25, 0.3) is 0 Å². The second-order valence-corrected chi connectivity index (χ2v) is 3.48. The summed E-state index contributed by atoms with van der Waals surface area (Å²) in [7, 11) is 0. The van der Waals surface area contributed by atoms with Crippen molar-refractivity contribution in [2.24, 2.45) is 0 Å². The average Bonchev–Trinajstić information content (AvgIpc) is 2.37. The van der Waals surface area contributed by atoms with E-state index in [2.05, 4.69) is 6.07 Å². The lowest BCUT2D eigenvalue weighted by atomic mass is 10.2. The van der Waals surface area contributed by atoms with Crippen LogP contribution in [-0.2, 0) is 6.61 Å². The van der Waals surface area contributed by atoms with E-state index in [1.807, 2.05) is 13.8 Å². The van der Waals surface area contributed by atoms with Crippen molar-refractivity contribution < 1.29 is 14.6 Å². The molecule has 1 rings (SSSR count). The molecule has 0 fully saturated rings. The number of para-hydroxylation sites is 1. The maximum absolute atomic E-state index is 9.25. The smallest absolute Gasteiger partial charge is 0.184 e. The molecule has 4 heteroatoms. The van der Waals surface area contributed by atoms with Crippen LogP contribution in [0.1, 0.15) is 25.8 Å². The van der Waals surface area contributed by atoms with Crippen LogP contribution in [0, 0.1) is 11.3 Å². The topological polar surface area (TPSA) is 62.5 Å². The van der Waals surface area contributed by atoms with Crippen molar-refractivity contribution >= 4 is 0 Å². The molecule has 0 aliphatic rings. The predicted octanol–water partition coefficient (Wildman–Crippen LogP) is 2.26. The highest BCUT2D eigenvalue weighted by atomic mass is 16.5. The summed E-state index contributed by atoms with van der Waals surface area (Å²) in [6.45, 7) is 4.11. The zero-order valence-electron chi connectivity index (χ0n) is 10.1. The number of nitriles is 1. The van der Waals surface area contributed by atoms with E-state index in [1.165, 1.54) is 0 Å². The maximum Gasteiger partial charge on any atom is 0.184 e. The SMILES string of the molecule is CCOc1cccc(CO)c1OC(C#N)CC. The Hall–Kier alpha value is -1.73. The molecule has 0 spiro atoms. The van der Waals surface area contributed by atoms with Crippen LogP contribution in [0.2, 0.25) is 0 Å². The zero-order valence-corrected chi connectivity index (χ0v) is 10.1. The summed E-state index contributed by atoms with van der Waals surface area (Å²) < 4.78 is 11.0. The molecule has 0 aliphatic carbocycles. The number of hydrogen-bond acceptors (Lipinski definition) is 4. The molecule has 4 nitrogen and oxygen atoms in total. The third-order valence-corrected chi connectivity index (χ3v) is 2.31. The van der Waals surface area contributed by atoms with Crippen LogP contribution >= 0.6 is 0 Å². The van der Waals surface area contributed by atoms with E-state index in [-0.39, 0.29) is 6.61 Å². The lowest BCUT2D eigenvalue weighted by Gasteiger charge is -2.17. The Morgan fingerprint density at radius 3 is 2.71 bits per heavy atom. The van der Waals surface area contributed by atoms with Gasteiger partial charge in [-0.3, -0.25) is 0 Å². The summed E-state index contributed by atoms with van der Waals surface area (Å²) in [6.07, 6.45) is 0.0591. The Balaban J connectivity index is 3.04. The Morgan fingerprint density at radius 2 is 2.18 bits per heavy atom. The first-order chi connectivity index (χ1) is 8.26. The molecule has 0 saturated heterocycles. The van der Waals surface area contributed by atoms with Crippen LogP contribution in [0.5, 0.6) is 11.5 Å². The molecule has 0 aliphatic heterocycles. The number of nitrogens with zero attached hydrogens (tertiary/aromatic N) is 1. The largest absolute Gasteiger partial charge is 0.490 e. The fourth-order valence-electron chi connectivity index (χ4n) is 1.43. The van der Waals surface area contributed by atoms with E-state index in [9.17, 15) is 5.11 Å². The maximum atomic E-state index is 9.25. The Morgan fingerprint density at radius 1 is 1.41 bits per heavy atom. The van der Waals surface area contributed by atoms with Crippen LogP contribution in [0.3, 0.4) is 0 Å². The summed E-state index contributed by atoms with van der Waals surface area (Å²) >= 11 is 0. The first-order valence-corrected chi connectivity index (χ1v) is 5.68. The minimum Gasteiger partial charge on any atom is -0.490 e. The molecule has 1 aromatic carbocycles. The van der Waals surface area contributed by atoms with Crippen LogP contribution < -0.4 is 9.47 Å². The minimum absolute atomic E-state index is 0.141. The van der Waals surface area contributed by atoms with Gasteiger partial charge in [-0.05, 0) is 19.4 Å². The molecule has 0 bridgehead atoms. The van der Waals surface area contributed by atoms with Crippen molar-refractivity contribution in [1.82, 2.24) is 0 Å². The third kappa shape index (κ3) is 3.36. The molecule has 0 saturated carbocycles. The van der Waals surface area contributed by atoms with Gasteiger partial charge in [-0.15, -0.1) is 0 Å². The van der Waals surface area contributed by atoms with Gasteiger partial charge in [0, 0.05) is 5.56 Å². The minimum atomic E-state index is -0.526. The molecule has 92 valence electrons. The molecule has 0 amide bonds. The highest BCUT2D eigenvalue weighted by Gasteiger charge is 2.14. The summed E-state index contributed by atoms with van der Waals surface area (Å²) in [5.41, 5.74) is 0.629. The molecule has 1 unspecified atom stereocenters. The van der Waals surface area contributed by atoms with Crippen molar-refractivity contribution in [3.63, 3.8) is 0 Å². The van der Waals surface area contributed by atoms with Gasteiger partial charge in [-0.2, -0.15) is 5.26 Å². The molecule has 1 aromatic rings. The average molecular weight is 235 g/mol. The normalized spacial score (nSPS) is 11.6. The van der Waals surface area contributed by atoms with Gasteiger partial charge in [-0.1, -0.05) is 19.1 Å². The van der Waals surface area contributed by atoms with E-state index < -0.39 is 6.10 Å². The van der Waals surface area contributed by atoms with Gasteiger partial charge in [0.25, 0.3) is 0 Å². The Bertz CT molecular complexity index is 398. The highest BCUT2D eigenvalue weighted by molar-refractivity contribution is 5.46. The first kappa shape index (κ1) is 13.3. The fraction of sp³-hybridized carbons (Fsp3) is 0.462. The summed E-state index contributed by atoms with van der Waals surface area (Å²) in [5.74, 6) is 1.03. The van der Waals surface area contributed by atoms with Crippen molar-refractivity contribution in [1.29, 1.82) is 5.26 Å². The third-order valence-electron chi connectivity index (χ3n) is 2.31. The lowest BCUT2D eigenvalue weighted by Crippen LogP contribution is -2.14. The van der Waals surface area contributed by atoms with Crippen molar-refractivity contribution in [2.45, 2.75) is 33.0 Å². The van der Waals surface area contributed by atoms with Gasteiger partial charge in [0.05, 0.1) is 13.2 Å². The number of benzene rings is 1. The number of rotatable bonds is 6. The Labute approximate surface area is 101 Å². The van der Waals surface area contributed by atoms with Crippen molar-refractivity contribution in [2.75, 3.05) is 6.61 Å². The first-order valence-electron chi connectivity index (χ1n) is 5.68. The van der Waals surface area contributed by atoms with Crippen LogP contribution in [0.4, 0.5) is 0 Å². The number of ether oxygens (including phenoxy) is 2. The van der Waals surface area contributed by atoms with Gasteiger partial charge in [-0.25, -0.2) is 0 Å². The Kier molecular flexibility index (Phi) is 5.31. The number of hydrogen-bond donors (Lipinski definition) is 1. The molecule has 1 atom stereocenters. The van der Waals surface area contributed by atoms with E-state index >= 15 is 0 Å². The van der Waals surface area contributed by atoms with Gasteiger partial charge in [0.1, 0.15) is 6.07 Å². The molecule has 0 radical (unpaired) electrons. The summed E-state index contributed by atoms with van der Waals surface area (Å²) in [5, 5.41) is 18.1. The van der Waals surface area contributed by atoms with Crippen LogP contribution in [0.15, 0.2) is 18.2 Å². The second-order valence-electron chi connectivity index (χ2n) is 3.48. The van der Waals surface area contributed by atoms with E-state index in [0.717, 1.165) is 0 Å².